The largest absolute Gasteiger partial charge is 0.387 e. The van der Waals surface area contributed by atoms with Crippen LogP contribution in [0.1, 0.15) is 38.4 Å². The van der Waals surface area contributed by atoms with E-state index in [-0.39, 0.29) is 6.10 Å². The van der Waals surface area contributed by atoms with E-state index in [1.807, 2.05) is 16.8 Å². The molecule has 1 aliphatic heterocycles. The van der Waals surface area contributed by atoms with Crippen LogP contribution < -0.4 is 5.32 Å². The van der Waals surface area contributed by atoms with E-state index in [0.717, 1.165) is 12.1 Å². The van der Waals surface area contributed by atoms with Crippen LogP contribution in [0.5, 0.6) is 0 Å². The number of rotatable bonds is 6. The summed E-state index contributed by atoms with van der Waals surface area (Å²) in [6.45, 7) is 8.74. The number of hydrogen-bond acceptors (Lipinski definition) is 4. The van der Waals surface area contributed by atoms with Gasteiger partial charge in [0, 0.05) is 19.1 Å². The Balaban J connectivity index is 1.76. The summed E-state index contributed by atoms with van der Waals surface area (Å²) in [6, 6.07) is 2.48. The van der Waals surface area contributed by atoms with Gasteiger partial charge in [-0.15, -0.1) is 0 Å². The van der Waals surface area contributed by atoms with Gasteiger partial charge in [0.15, 0.2) is 0 Å². The second kappa shape index (κ2) is 7.39. The average Bonchev–Trinajstić information content (AvgIpc) is 2.98. The van der Waals surface area contributed by atoms with Crippen LogP contribution in [0.15, 0.2) is 16.8 Å². The number of thiophene rings is 1. The summed E-state index contributed by atoms with van der Waals surface area (Å²) in [7, 11) is 0. The Kier molecular flexibility index (Phi) is 5.82. The van der Waals surface area contributed by atoms with Gasteiger partial charge in [0.25, 0.3) is 0 Å². The molecule has 1 aliphatic rings. The SMILES string of the molecule is CCN1CCCC(C(C)NCC(O)c2ccsc2)C1. The van der Waals surface area contributed by atoms with Crippen molar-refractivity contribution < 1.29 is 5.11 Å². The summed E-state index contributed by atoms with van der Waals surface area (Å²) in [5.41, 5.74) is 1.03. The van der Waals surface area contributed by atoms with Crippen molar-refractivity contribution >= 4 is 11.3 Å². The number of likely N-dealkylation sites (tertiary alicyclic amines) is 1. The number of aliphatic hydroxyl groups excluding tert-OH is 1. The van der Waals surface area contributed by atoms with Gasteiger partial charge in [0.1, 0.15) is 0 Å². The van der Waals surface area contributed by atoms with Gasteiger partial charge in [-0.1, -0.05) is 6.92 Å². The van der Waals surface area contributed by atoms with Gasteiger partial charge in [-0.05, 0) is 61.2 Å². The zero-order valence-corrected chi connectivity index (χ0v) is 12.8. The molecule has 0 spiro atoms. The van der Waals surface area contributed by atoms with Crippen LogP contribution >= 0.6 is 11.3 Å². The van der Waals surface area contributed by atoms with Crippen molar-refractivity contribution in [2.45, 2.75) is 38.8 Å². The van der Waals surface area contributed by atoms with Gasteiger partial charge in [0.05, 0.1) is 6.10 Å². The summed E-state index contributed by atoms with van der Waals surface area (Å²) in [4.78, 5) is 2.53. The molecule has 0 aliphatic carbocycles. The molecule has 0 aromatic carbocycles. The fourth-order valence-corrected chi connectivity index (χ4v) is 3.54. The number of nitrogens with zero attached hydrogens (tertiary/aromatic N) is 1. The van der Waals surface area contributed by atoms with Gasteiger partial charge >= 0.3 is 0 Å². The highest BCUT2D eigenvalue weighted by Gasteiger charge is 2.24. The first kappa shape index (κ1) is 15.0. The standard InChI is InChI=1S/C15H26N2OS/c1-3-17-7-4-5-13(10-17)12(2)16-9-15(18)14-6-8-19-11-14/h6,8,11-13,15-16,18H,3-5,7,9-10H2,1-2H3. The third kappa shape index (κ3) is 4.28. The second-order valence-corrected chi connectivity index (χ2v) is 6.34. The first-order valence-corrected chi connectivity index (χ1v) is 8.31. The molecule has 19 heavy (non-hydrogen) atoms. The molecule has 1 aromatic rings. The maximum atomic E-state index is 10.1. The van der Waals surface area contributed by atoms with E-state index in [1.165, 1.54) is 25.9 Å². The summed E-state index contributed by atoms with van der Waals surface area (Å²) in [5.74, 6) is 0.711. The summed E-state index contributed by atoms with van der Waals surface area (Å²) in [5, 5.41) is 17.6. The Bertz CT molecular complexity index is 355. The quantitative estimate of drug-likeness (QED) is 0.841. The molecule has 0 radical (unpaired) electrons. The van der Waals surface area contributed by atoms with Crippen LogP contribution in [-0.4, -0.2) is 42.2 Å². The summed E-state index contributed by atoms with van der Waals surface area (Å²) >= 11 is 1.64. The lowest BCUT2D eigenvalue weighted by Crippen LogP contribution is -2.45. The molecule has 2 N–H and O–H groups in total. The fourth-order valence-electron chi connectivity index (χ4n) is 2.83. The summed E-state index contributed by atoms with van der Waals surface area (Å²) < 4.78 is 0. The van der Waals surface area contributed by atoms with Crippen LogP contribution in [0.3, 0.4) is 0 Å². The smallest absolute Gasteiger partial charge is 0.0922 e. The lowest BCUT2D eigenvalue weighted by Gasteiger charge is -2.35. The molecule has 2 rings (SSSR count). The van der Waals surface area contributed by atoms with E-state index < -0.39 is 0 Å². The third-order valence-electron chi connectivity index (χ3n) is 4.26. The number of piperidine rings is 1. The zero-order chi connectivity index (χ0) is 13.7. The van der Waals surface area contributed by atoms with Crippen LogP contribution in [0.25, 0.3) is 0 Å². The Morgan fingerprint density at radius 2 is 2.42 bits per heavy atom. The molecule has 1 saturated heterocycles. The zero-order valence-electron chi connectivity index (χ0n) is 12.0. The second-order valence-electron chi connectivity index (χ2n) is 5.56. The van der Waals surface area contributed by atoms with E-state index in [2.05, 4.69) is 24.1 Å². The molecule has 0 amide bonds. The molecule has 1 aromatic heterocycles. The highest BCUT2D eigenvalue weighted by molar-refractivity contribution is 7.07. The Hall–Kier alpha value is -0.420. The predicted molar refractivity (Wildman–Crippen MR) is 81.6 cm³/mol. The van der Waals surface area contributed by atoms with Crippen molar-refractivity contribution in [3.8, 4) is 0 Å². The molecular formula is C15H26N2OS. The first-order valence-electron chi connectivity index (χ1n) is 7.36. The van der Waals surface area contributed by atoms with E-state index in [1.54, 1.807) is 11.3 Å². The molecule has 4 heteroatoms. The lowest BCUT2D eigenvalue weighted by atomic mass is 9.91. The van der Waals surface area contributed by atoms with Gasteiger partial charge in [-0.2, -0.15) is 11.3 Å². The van der Waals surface area contributed by atoms with Crippen LogP contribution in [0.2, 0.25) is 0 Å². The van der Waals surface area contributed by atoms with Gasteiger partial charge < -0.3 is 15.3 Å². The molecule has 3 unspecified atom stereocenters. The topological polar surface area (TPSA) is 35.5 Å². The first-order chi connectivity index (χ1) is 9.20. The van der Waals surface area contributed by atoms with Crippen LogP contribution in [-0.2, 0) is 0 Å². The number of nitrogens with one attached hydrogen (secondary N) is 1. The third-order valence-corrected chi connectivity index (χ3v) is 4.96. The Labute approximate surface area is 120 Å². The number of hydrogen-bond donors (Lipinski definition) is 2. The van der Waals surface area contributed by atoms with E-state index in [0.29, 0.717) is 18.5 Å². The molecule has 3 atom stereocenters. The van der Waals surface area contributed by atoms with Gasteiger partial charge in [-0.3, -0.25) is 0 Å². The maximum Gasteiger partial charge on any atom is 0.0922 e. The van der Waals surface area contributed by atoms with Crippen molar-refractivity contribution in [2.24, 2.45) is 5.92 Å². The van der Waals surface area contributed by atoms with Crippen LogP contribution in [0, 0.1) is 5.92 Å². The molecular weight excluding hydrogens is 256 g/mol. The minimum absolute atomic E-state index is 0.375. The average molecular weight is 282 g/mol. The molecule has 1 fully saturated rings. The highest BCUT2D eigenvalue weighted by Crippen LogP contribution is 2.20. The van der Waals surface area contributed by atoms with E-state index in [9.17, 15) is 5.11 Å². The van der Waals surface area contributed by atoms with Crippen molar-refractivity contribution in [2.75, 3.05) is 26.2 Å². The highest BCUT2D eigenvalue weighted by atomic mass is 32.1. The predicted octanol–water partition coefficient (Wildman–Crippen LogP) is 2.49. The Morgan fingerprint density at radius 1 is 1.58 bits per heavy atom. The van der Waals surface area contributed by atoms with E-state index >= 15 is 0 Å². The lowest BCUT2D eigenvalue weighted by molar-refractivity contribution is 0.136. The maximum absolute atomic E-state index is 10.1. The Morgan fingerprint density at radius 3 is 3.11 bits per heavy atom. The molecule has 108 valence electrons. The molecule has 2 heterocycles. The monoisotopic (exact) mass is 282 g/mol. The van der Waals surface area contributed by atoms with Gasteiger partial charge in [-0.25, -0.2) is 0 Å². The van der Waals surface area contributed by atoms with Crippen molar-refractivity contribution in [1.82, 2.24) is 10.2 Å². The van der Waals surface area contributed by atoms with Crippen LogP contribution in [0.4, 0.5) is 0 Å². The van der Waals surface area contributed by atoms with Crippen molar-refractivity contribution in [3.63, 3.8) is 0 Å². The molecule has 0 bridgehead atoms. The minimum Gasteiger partial charge on any atom is -0.387 e. The van der Waals surface area contributed by atoms with Crippen molar-refractivity contribution in [1.29, 1.82) is 0 Å². The minimum atomic E-state index is -0.375. The normalized spacial score (nSPS) is 24.3. The summed E-state index contributed by atoms with van der Waals surface area (Å²) in [6.07, 6.45) is 2.23. The molecule has 3 nitrogen and oxygen atoms in total. The van der Waals surface area contributed by atoms with E-state index in [4.69, 9.17) is 0 Å². The number of aliphatic hydroxyl groups is 1. The fraction of sp³-hybridized carbons (Fsp3) is 0.733. The van der Waals surface area contributed by atoms with Crippen molar-refractivity contribution in [3.05, 3.63) is 22.4 Å². The molecule has 0 saturated carbocycles. The van der Waals surface area contributed by atoms with Gasteiger partial charge in [0.2, 0.25) is 0 Å².